The summed E-state index contributed by atoms with van der Waals surface area (Å²) in [6, 6.07) is 1.87. The number of anilines is 1. The molecule has 0 aromatic carbocycles. The minimum Gasteiger partial charge on any atom is -0.375 e. The fourth-order valence-electron chi connectivity index (χ4n) is 1.59. The van der Waals surface area contributed by atoms with E-state index in [9.17, 15) is 0 Å². The topological polar surface area (TPSA) is 69.1 Å². The number of hydrogen-bond acceptors (Lipinski definition) is 5. The lowest BCUT2D eigenvalue weighted by molar-refractivity contribution is 1.11. The average Bonchev–Trinajstić information content (AvgIpc) is 2.81. The lowest BCUT2D eigenvalue weighted by atomic mass is 10.3. The molecule has 2 N–H and O–H groups in total. The molecule has 3 aromatic heterocycles. The molecule has 3 aromatic rings. The van der Waals surface area contributed by atoms with Crippen LogP contribution in [0.25, 0.3) is 16.3 Å². The maximum Gasteiger partial charge on any atom is 0.234 e. The molecular weight excluding hydrogens is 222 g/mol. The number of rotatable bonds is 1. The summed E-state index contributed by atoms with van der Waals surface area (Å²) >= 11 is 1.45. The van der Waals surface area contributed by atoms with E-state index in [-0.39, 0.29) is 0 Å². The summed E-state index contributed by atoms with van der Waals surface area (Å²) in [4.78, 5) is 13.8. The standard InChI is InChI=1S/C10H9N5S/c1-6-8(16-9(11)13-6)7-5-15-4-2-3-12-10(15)14-7/h2-5H,1H3,(H2,11,13). The van der Waals surface area contributed by atoms with Crippen molar-refractivity contribution in [2.45, 2.75) is 6.92 Å². The van der Waals surface area contributed by atoms with E-state index in [0.29, 0.717) is 10.9 Å². The first-order valence-corrected chi connectivity index (χ1v) is 5.58. The number of nitrogens with two attached hydrogens (primary N) is 1. The fraction of sp³-hybridized carbons (Fsp3) is 0.100. The number of nitrogens with zero attached hydrogens (tertiary/aromatic N) is 4. The first-order valence-electron chi connectivity index (χ1n) is 4.77. The number of hydrogen-bond donors (Lipinski definition) is 1. The molecule has 5 nitrogen and oxygen atoms in total. The number of aryl methyl sites for hydroxylation is 1. The molecule has 0 unspecified atom stereocenters. The van der Waals surface area contributed by atoms with Gasteiger partial charge in [0.2, 0.25) is 5.78 Å². The molecule has 0 spiro atoms. The zero-order valence-electron chi connectivity index (χ0n) is 8.58. The van der Waals surface area contributed by atoms with Gasteiger partial charge in [-0.25, -0.2) is 15.0 Å². The van der Waals surface area contributed by atoms with Crippen LogP contribution < -0.4 is 5.73 Å². The minimum atomic E-state index is 0.567. The maximum absolute atomic E-state index is 5.67. The van der Waals surface area contributed by atoms with Gasteiger partial charge in [-0.1, -0.05) is 11.3 Å². The third kappa shape index (κ3) is 1.35. The van der Waals surface area contributed by atoms with E-state index in [4.69, 9.17) is 5.73 Å². The normalized spacial score (nSPS) is 11.1. The molecule has 0 saturated heterocycles. The van der Waals surface area contributed by atoms with Crippen LogP contribution in [-0.4, -0.2) is 19.4 Å². The Bertz CT molecular complexity index is 621. The highest BCUT2D eigenvalue weighted by atomic mass is 32.1. The van der Waals surface area contributed by atoms with Crippen molar-refractivity contribution in [2.75, 3.05) is 5.73 Å². The van der Waals surface area contributed by atoms with Crippen molar-refractivity contribution < 1.29 is 0 Å². The summed E-state index contributed by atoms with van der Waals surface area (Å²) < 4.78 is 1.88. The molecule has 0 amide bonds. The van der Waals surface area contributed by atoms with Crippen LogP contribution >= 0.6 is 11.3 Å². The van der Waals surface area contributed by atoms with Gasteiger partial charge < -0.3 is 5.73 Å². The summed E-state index contributed by atoms with van der Waals surface area (Å²) in [6.07, 6.45) is 5.57. The molecule has 0 aliphatic carbocycles. The largest absolute Gasteiger partial charge is 0.375 e. The van der Waals surface area contributed by atoms with Crippen LogP contribution in [0.3, 0.4) is 0 Å². The number of thiazole rings is 1. The second-order valence-corrected chi connectivity index (χ2v) is 4.45. The fourth-order valence-corrected chi connectivity index (χ4v) is 2.38. The Morgan fingerprint density at radius 1 is 1.38 bits per heavy atom. The molecule has 0 saturated carbocycles. The van der Waals surface area contributed by atoms with E-state index in [1.54, 1.807) is 6.20 Å². The van der Waals surface area contributed by atoms with Crippen LogP contribution in [0.5, 0.6) is 0 Å². The molecule has 16 heavy (non-hydrogen) atoms. The molecule has 0 aliphatic heterocycles. The Labute approximate surface area is 95.6 Å². The van der Waals surface area contributed by atoms with Crippen molar-refractivity contribution in [3.05, 3.63) is 30.4 Å². The Kier molecular flexibility index (Phi) is 1.90. The second kappa shape index (κ2) is 3.28. The van der Waals surface area contributed by atoms with E-state index in [1.807, 2.05) is 29.8 Å². The maximum atomic E-state index is 5.67. The van der Waals surface area contributed by atoms with Gasteiger partial charge in [-0.3, -0.25) is 4.40 Å². The Morgan fingerprint density at radius 3 is 2.94 bits per heavy atom. The van der Waals surface area contributed by atoms with E-state index in [2.05, 4.69) is 15.0 Å². The average molecular weight is 231 g/mol. The Balaban J connectivity index is 2.22. The number of fused-ring (bicyclic) bond motifs is 1. The van der Waals surface area contributed by atoms with Crippen molar-refractivity contribution >= 4 is 22.2 Å². The molecule has 0 aliphatic rings. The van der Waals surface area contributed by atoms with E-state index in [0.717, 1.165) is 16.3 Å². The van der Waals surface area contributed by atoms with Gasteiger partial charge in [0.1, 0.15) is 5.69 Å². The van der Waals surface area contributed by atoms with Gasteiger partial charge in [0.15, 0.2) is 5.13 Å². The van der Waals surface area contributed by atoms with Crippen molar-refractivity contribution in [3.8, 4) is 10.6 Å². The van der Waals surface area contributed by atoms with E-state index in [1.165, 1.54) is 11.3 Å². The lowest BCUT2D eigenvalue weighted by Gasteiger charge is -1.88. The van der Waals surface area contributed by atoms with E-state index >= 15 is 0 Å². The van der Waals surface area contributed by atoms with Gasteiger partial charge in [0, 0.05) is 18.6 Å². The van der Waals surface area contributed by atoms with Crippen LogP contribution in [0.1, 0.15) is 5.69 Å². The Morgan fingerprint density at radius 2 is 2.25 bits per heavy atom. The molecule has 3 rings (SSSR count). The highest BCUT2D eigenvalue weighted by Crippen LogP contribution is 2.30. The van der Waals surface area contributed by atoms with Crippen molar-refractivity contribution in [3.63, 3.8) is 0 Å². The first kappa shape index (κ1) is 9.29. The SMILES string of the molecule is Cc1nc(N)sc1-c1cn2cccnc2n1. The minimum absolute atomic E-state index is 0.567. The molecule has 0 bridgehead atoms. The molecule has 6 heteroatoms. The van der Waals surface area contributed by atoms with Crippen molar-refractivity contribution in [2.24, 2.45) is 0 Å². The highest BCUT2D eigenvalue weighted by molar-refractivity contribution is 7.18. The van der Waals surface area contributed by atoms with Crippen LogP contribution in [0, 0.1) is 6.92 Å². The first-order chi connectivity index (χ1) is 7.74. The molecule has 0 radical (unpaired) electrons. The third-order valence-corrected chi connectivity index (χ3v) is 3.29. The summed E-state index contributed by atoms with van der Waals surface area (Å²) in [5.74, 6) is 0.684. The monoisotopic (exact) mass is 231 g/mol. The molecular formula is C10H9N5S. The van der Waals surface area contributed by atoms with Crippen LogP contribution in [0.4, 0.5) is 5.13 Å². The zero-order valence-corrected chi connectivity index (χ0v) is 9.40. The molecule has 3 heterocycles. The summed E-state index contributed by atoms with van der Waals surface area (Å²) in [7, 11) is 0. The van der Waals surface area contributed by atoms with Gasteiger partial charge in [0.05, 0.1) is 10.6 Å². The number of aromatic nitrogens is 4. The lowest BCUT2D eigenvalue weighted by Crippen LogP contribution is -1.82. The predicted octanol–water partition coefficient (Wildman–Crippen LogP) is 1.74. The van der Waals surface area contributed by atoms with Crippen LogP contribution in [0.15, 0.2) is 24.7 Å². The summed E-state index contributed by atoms with van der Waals surface area (Å²) in [5.41, 5.74) is 7.44. The Hall–Kier alpha value is -1.95. The highest BCUT2D eigenvalue weighted by Gasteiger charge is 2.11. The van der Waals surface area contributed by atoms with Crippen LogP contribution in [0.2, 0.25) is 0 Å². The van der Waals surface area contributed by atoms with Gasteiger partial charge in [-0.15, -0.1) is 0 Å². The van der Waals surface area contributed by atoms with Crippen molar-refractivity contribution in [1.82, 2.24) is 19.4 Å². The molecule has 0 atom stereocenters. The number of imidazole rings is 1. The number of nitrogen functional groups attached to an aromatic ring is 1. The predicted molar refractivity (Wildman–Crippen MR) is 63.2 cm³/mol. The van der Waals surface area contributed by atoms with Gasteiger partial charge in [-0.05, 0) is 13.0 Å². The summed E-state index contributed by atoms with van der Waals surface area (Å²) in [6.45, 7) is 1.93. The molecule has 0 fully saturated rings. The van der Waals surface area contributed by atoms with Gasteiger partial charge in [-0.2, -0.15) is 0 Å². The zero-order chi connectivity index (χ0) is 11.1. The van der Waals surface area contributed by atoms with Gasteiger partial charge >= 0.3 is 0 Å². The van der Waals surface area contributed by atoms with Crippen molar-refractivity contribution in [1.29, 1.82) is 0 Å². The third-order valence-electron chi connectivity index (χ3n) is 2.28. The molecule has 80 valence electrons. The van der Waals surface area contributed by atoms with Crippen LogP contribution in [-0.2, 0) is 0 Å². The van der Waals surface area contributed by atoms with E-state index < -0.39 is 0 Å². The smallest absolute Gasteiger partial charge is 0.234 e. The second-order valence-electron chi connectivity index (χ2n) is 3.42. The quantitative estimate of drug-likeness (QED) is 0.692. The summed E-state index contributed by atoms with van der Waals surface area (Å²) in [5, 5.41) is 0.567. The van der Waals surface area contributed by atoms with Gasteiger partial charge in [0.25, 0.3) is 0 Å².